The van der Waals surface area contributed by atoms with E-state index in [9.17, 15) is 0 Å². The fourth-order valence-electron chi connectivity index (χ4n) is 3.62. The molecule has 4 nitrogen and oxygen atoms in total. The molecule has 0 aliphatic carbocycles. The summed E-state index contributed by atoms with van der Waals surface area (Å²) in [7, 11) is 0. The Morgan fingerprint density at radius 1 is 1.22 bits per heavy atom. The number of rotatable bonds is 3. The van der Waals surface area contributed by atoms with Crippen LogP contribution in [0.2, 0.25) is 0 Å². The minimum Gasteiger partial charge on any atom is -0.378 e. The van der Waals surface area contributed by atoms with Gasteiger partial charge in [-0.25, -0.2) is 0 Å². The molecule has 0 aromatic heterocycles. The molecule has 18 heavy (non-hydrogen) atoms. The van der Waals surface area contributed by atoms with E-state index in [0.717, 1.165) is 52.1 Å². The Labute approximate surface area is 109 Å². The first-order valence-corrected chi connectivity index (χ1v) is 7.36. The molecule has 3 aliphatic heterocycles. The highest BCUT2D eigenvalue weighted by Gasteiger charge is 2.42. The molecule has 104 valence electrons. The van der Waals surface area contributed by atoms with Gasteiger partial charge in [-0.2, -0.15) is 0 Å². The number of hydrogen-bond acceptors (Lipinski definition) is 4. The first kappa shape index (κ1) is 12.9. The van der Waals surface area contributed by atoms with E-state index >= 15 is 0 Å². The molecule has 0 aromatic rings. The molecule has 3 saturated heterocycles. The van der Waals surface area contributed by atoms with Crippen LogP contribution in [-0.2, 0) is 14.2 Å². The highest BCUT2D eigenvalue weighted by molar-refractivity contribution is 4.93. The van der Waals surface area contributed by atoms with Crippen LogP contribution in [0.15, 0.2) is 0 Å². The average molecular weight is 255 g/mol. The van der Waals surface area contributed by atoms with Crippen LogP contribution in [0, 0.1) is 5.92 Å². The zero-order valence-corrected chi connectivity index (χ0v) is 11.1. The molecule has 0 aromatic carbocycles. The van der Waals surface area contributed by atoms with Gasteiger partial charge in [-0.1, -0.05) is 0 Å². The van der Waals surface area contributed by atoms with Crippen molar-refractivity contribution in [2.24, 2.45) is 11.7 Å². The Bertz CT molecular complexity index is 272. The lowest BCUT2D eigenvalue weighted by molar-refractivity contribution is -0.103. The van der Waals surface area contributed by atoms with E-state index in [1.807, 2.05) is 0 Å². The molecule has 2 N–H and O–H groups in total. The maximum Gasteiger partial charge on any atom is 0.0939 e. The van der Waals surface area contributed by atoms with Gasteiger partial charge in [0.25, 0.3) is 0 Å². The summed E-state index contributed by atoms with van der Waals surface area (Å²) in [5.41, 5.74) is 6.39. The van der Waals surface area contributed by atoms with E-state index in [2.05, 4.69) is 0 Å². The summed E-state index contributed by atoms with van der Waals surface area (Å²) in [4.78, 5) is 0. The van der Waals surface area contributed by atoms with Crippen LogP contribution in [0.25, 0.3) is 0 Å². The fourth-order valence-corrected chi connectivity index (χ4v) is 3.62. The molecule has 0 radical (unpaired) electrons. The highest BCUT2D eigenvalue weighted by Crippen LogP contribution is 2.37. The van der Waals surface area contributed by atoms with Gasteiger partial charge < -0.3 is 19.9 Å². The summed E-state index contributed by atoms with van der Waals surface area (Å²) >= 11 is 0. The molecule has 4 unspecified atom stereocenters. The molecule has 3 fully saturated rings. The Morgan fingerprint density at radius 3 is 2.89 bits per heavy atom. The van der Waals surface area contributed by atoms with Crippen molar-refractivity contribution in [3.8, 4) is 0 Å². The molecule has 0 saturated carbocycles. The third-order valence-corrected chi connectivity index (χ3v) is 4.76. The predicted octanol–water partition coefficient (Wildman–Crippen LogP) is 1.47. The summed E-state index contributed by atoms with van der Waals surface area (Å²) in [5.74, 6) is 0.574. The third-order valence-electron chi connectivity index (χ3n) is 4.76. The second-order valence-corrected chi connectivity index (χ2v) is 6.12. The third kappa shape index (κ3) is 2.72. The largest absolute Gasteiger partial charge is 0.378 e. The van der Waals surface area contributed by atoms with Crippen LogP contribution in [0.3, 0.4) is 0 Å². The van der Waals surface area contributed by atoms with Gasteiger partial charge in [0, 0.05) is 32.3 Å². The van der Waals surface area contributed by atoms with Crippen molar-refractivity contribution >= 4 is 0 Å². The monoisotopic (exact) mass is 255 g/mol. The van der Waals surface area contributed by atoms with E-state index < -0.39 is 0 Å². The van der Waals surface area contributed by atoms with Gasteiger partial charge in [-0.3, -0.25) is 0 Å². The van der Waals surface area contributed by atoms with Gasteiger partial charge in [0.05, 0.1) is 18.3 Å². The maximum atomic E-state index is 6.40. The van der Waals surface area contributed by atoms with E-state index in [0.29, 0.717) is 12.0 Å². The number of ether oxygens (including phenoxy) is 3. The van der Waals surface area contributed by atoms with E-state index in [1.165, 1.54) is 12.8 Å². The SMILES string of the molecule is NC(CC1CCCO1)C1CCOC2(CCOC2)C1. The average Bonchev–Trinajstić information content (AvgIpc) is 3.02. The molecule has 3 rings (SSSR count). The normalized spacial score (nSPS) is 42.5. The molecular formula is C14H25NO3. The second-order valence-electron chi connectivity index (χ2n) is 6.12. The van der Waals surface area contributed by atoms with E-state index in [4.69, 9.17) is 19.9 Å². The topological polar surface area (TPSA) is 53.7 Å². The molecule has 1 spiro atoms. The van der Waals surface area contributed by atoms with Crippen LogP contribution in [-0.4, -0.2) is 44.2 Å². The van der Waals surface area contributed by atoms with Crippen LogP contribution >= 0.6 is 0 Å². The highest BCUT2D eigenvalue weighted by atomic mass is 16.6. The molecule has 4 atom stereocenters. The summed E-state index contributed by atoms with van der Waals surface area (Å²) < 4.78 is 17.2. The Balaban J connectivity index is 1.54. The summed E-state index contributed by atoms with van der Waals surface area (Å²) in [6.07, 6.45) is 7.00. The quantitative estimate of drug-likeness (QED) is 0.829. The van der Waals surface area contributed by atoms with Gasteiger partial charge in [0.1, 0.15) is 0 Å². The van der Waals surface area contributed by atoms with Crippen LogP contribution in [0.5, 0.6) is 0 Å². The van der Waals surface area contributed by atoms with Crippen molar-refractivity contribution < 1.29 is 14.2 Å². The van der Waals surface area contributed by atoms with Gasteiger partial charge >= 0.3 is 0 Å². The van der Waals surface area contributed by atoms with Crippen molar-refractivity contribution in [2.75, 3.05) is 26.4 Å². The predicted molar refractivity (Wildman–Crippen MR) is 68.4 cm³/mol. The lowest BCUT2D eigenvalue weighted by atomic mass is 9.80. The zero-order chi connectivity index (χ0) is 12.4. The summed E-state index contributed by atoms with van der Waals surface area (Å²) in [6.45, 7) is 3.36. The standard InChI is InChI=1S/C14H25NO3/c15-13(8-12-2-1-5-17-12)11-3-6-18-14(9-11)4-7-16-10-14/h11-13H,1-10,15H2. The van der Waals surface area contributed by atoms with Gasteiger partial charge in [0.15, 0.2) is 0 Å². The van der Waals surface area contributed by atoms with E-state index in [-0.39, 0.29) is 11.6 Å². The number of hydrogen-bond donors (Lipinski definition) is 1. The lowest BCUT2D eigenvalue weighted by Crippen LogP contribution is -2.46. The molecule has 0 amide bonds. The minimum atomic E-state index is -0.0168. The lowest BCUT2D eigenvalue weighted by Gasteiger charge is -2.39. The fraction of sp³-hybridized carbons (Fsp3) is 1.00. The number of nitrogens with two attached hydrogens (primary N) is 1. The van der Waals surface area contributed by atoms with Crippen molar-refractivity contribution in [2.45, 2.75) is 56.3 Å². The van der Waals surface area contributed by atoms with Crippen LogP contribution in [0.1, 0.15) is 38.5 Å². The second kappa shape index (κ2) is 5.45. The van der Waals surface area contributed by atoms with Crippen molar-refractivity contribution in [1.29, 1.82) is 0 Å². The zero-order valence-electron chi connectivity index (χ0n) is 11.1. The molecular weight excluding hydrogens is 230 g/mol. The molecule has 4 heteroatoms. The Kier molecular flexibility index (Phi) is 3.89. The van der Waals surface area contributed by atoms with Gasteiger partial charge in [-0.15, -0.1) is 0 Å². The molecule has 0 bridgehead atoms. The minimum absolute atomic E-state index is 0.0168. The first-order chi connectivity index (χ1) is 8.77. The van der Waals surface area contributed by atoms with Gasteiger partial charge in [0.2, 0.25) is 0 Å². The van der Waals surface area contributed by atoms with Crippen molar-refractivity contribution in [1.82, 2.24) is 0 Å². The molecule has 3 heterocycles. The van der Waals surface area contributed by atoms with E-state index in [1.54, 1.807) is 0 Å². The van der Waals surface area contributed by atoms with Crippen LogP contribution < -0.4 is 5.73 Å². The first-order valence-electron chi connectivity index (χ1n) is 7.36. The van der Waals surface area contributed by atoms with Crippen molar-refractivity contribution in [3.63, 3.8) is 0 Å². The Hall–Kier alpha value is -0.160. The van der Waals surface area contributed by atoms with Gasteiger partial charge in [-0.05, 0) is 38.0 Å². The summed E-state index contributed by atoms with van der Waals surface area (Å²) in [6, 6.07) is 0.259. The maximum absolute atomic E-state index is 6.40. The smallest absolute Gasteiger partial charge is 0.0939 e. The summed E-state index contributed by atoms with van der Waals surface area (Å²) in [5, 5.41) is 0. The Morgan fingerprint density at radius 2 is 2.17 bits per heavy atom. The van der Waals surface area contributed by atoms with Crippen LogP contribution in [0.4, 0.5) is 0 Å². The van der Waals surface area contributed by atoms with Crippen molar-refractivity contribution in [3.05, 3.63) is 0 Å². The molecule has 3 aliphatic rings.